The van der Waals surface area contributed by atoms with Crippen molar-refractivity contribution in [2.75, 3.05) is 16.0 Å². The molecule has 1 saturated carbocycles. The minimum absolute atomic E-state index is 0.256. The maximum absolute atomic E-state index is 13.1. The van der Waals surface area contributed by atoms with E-state index in [1.165, 1.54) is 6.20 Å². The van der Waals surface area contributed by atoms with Gasteiger partial charge in [0.1, 0.15) is 5.82 Å². The van der Waals surface area contributed by atoms with Gasteiger partial charge in [0.15, 0.2) is 17.2 Å². The van der Waals surface area contributed by atoms with Gasteiger partial charge in [0.2, 0.25) is 0 Å². The molecule has 4 aromatic heterocycles. The molecule has 0 radical (unpaired) electrons. The summed E-state index contributed by atoms with van der Waals surface area (Å²) in [6.45, 7) is 3.98. The number of anilines is 4. The first-order valence-corrected chi connectivity index (χ1v) is 11.8. The van der Waals surface area contributed by atoms with Crippen molar-refractivity contribution in [1.29, 1.82) is 0 Å². The molecule has 180 valence electrons. The molecule has 5 rings (SSSR count). The van der Waals surface area contributed by atoms with E-state index in [1.807, 2.05) is 26.0 Å². The Hall–Kier alpha value is -4.05. The van der Waals surface area contributed by atoms with Crippen LogP contribution < -0.4 is 21.7 Å². The molecule has 4 aromatic rings. The molecule has 1 amide bonds. The molecule has 5 N–H and O–H groups in total. The highest BCUT2D eigenvalue weighted by molar-refractivity contribution is 6.03. The fourth-order valence-electron chi connectivity index (χ4n) is 4.28. The average Bonchev–Trinajstić information content (AvgIpc) is 3.28. The second kappa shape index (κ2) is 9.67. The van der Waals surface area contributed by atoms with E-state index < -0.39 is 0 Å². The van der Waals surface area contributed by atoms with E-state index in [0.29, 0.717) is 28.7 Å². The third-order valence-electron chi connectivity index (χ3n) is 6.34. The number of rotatable bonds is 6. The van der Waals surface area contributed by atoms with Crippen LogP contribution in [0.15, 0.2) is 49.1 Å². The molecule has 35 heavy (non-hydrogen) atoms. The quantitative estimate of drug-likeness (QED) is 0.333. The smallest absolute Gasteiger partial charge is 0.276 e. The van der Waals surface area contributed by atoms with Crippen molar-refractivity contribution in [3.05, 3.63) is 65.9 Å². The number of fused-ring (bicyclic) bond motifs is 1. The third-order valence-corrected chi connectivity index (χ3v) is 6.34. The van der Waals surface area contributed by atoms with Crippen LogP contribution in [0, 0.1) is 13.8 Å². The van der Waals surface area contributed by atoms with Crippen LogP contribution in [-0.2, 0) is 0 Å². The van der Waals surface area contributed by atoms with Crippen LogP contribution in [0.4, 0.5) is 23.0 Å². The van der Waals surface area contributed by atoms with Gasteiger partial charge in [-0.05, 0) is 63.3 Å². The summed E-state index contributed by atoms with van der Waals surface area (Å²) in [5.41, 5.74) is 10.3. The van der Waals surface area contributed by atoms with Gasteiger partial charge < -0.3 is 21.7 Å². The number of hydrogen-bond donors (Lipinski definition) is 4. The molecule has 1 aliphatic carbocycles. The Balaban J connectivity index is 1.54. The number of carbonyl (C=O) groups is 1. The largest absolute Gasteiger partial charge is 0.366 e. The van der Waals surface area contributed by atoms with Crippen LogP contribution in [0.1, 0.15) is 47.3 Å². The summed E-state index contributed by atoms with van der Waals surface area (Å²) >= 11 is 0. The summed E-state index contributed by atoms with van der Waals surface area (Å²) in [4.78, 5) is 26.1. The first-order valence-electron chi connectivity index (χ1n) is 11.8. The zero-order valence-corrected chi connectivity index (χ0v) is 19.8. The third kappa shape index (κ3) is 4.92. The second-order valence-electron chi connectivity index (χ2n) is 9.02. The summed E-state index contributed by atoms with van der Waals surface area (Å²) < 4.78 is 1.58. The zero-order valence-electron chi connectivity index (χ0n) is 19.8. The van der Waals surface area contributed by atoms with E-state index in [9.17, 15) is 4.79 Å². The van der Waals surface area contributed by atoms with Gasteiger partial charge >= 0.3 is 0 Å². The zero-order chi connectivity index (χ0) is 24.4. The fraction of sp³-hybridized carbons (Fsp3) is 0.320. The van der Waals surface area contributed by atoms with Crippen LogP contribution in [0.2, 0.25) is 0 Å². The maximum Gasteiger partial charge on any atom is 0.276 e. The first kappa shape index (κ1) is 22.7. The topological polar surface area (TPSA) is 135 Å². The Morgan fingerprint density at radius 2 is 1.80 bits per heavy atom. The highest BCUT2D eigenvalue weighted by Gasteiger charge is 2.23. The molecule has 0 unspecified atom stereocenters. The molecule has 4 heterocycles. The molecule has 0 bridgehead atoms. The number of amides is 1. The Labute approximate surface area is 203 Å². The van der Waals surface area contributed by atoms with Gasteiger partial charge in [-0.25, -0.2) is 14.5 Å². The molecule has 0 atom stereocenters. The van der Waals surface area contributed by atoms with E-state index in [4.69, 9.17) is 10.8 Å². The number of carbonyl (C=O) groups excluding carboxylic acids is 1. The number of aromatic nitrogens is 5. The van der Waals surface area contributed by atoms with Crippen molar-refractivity contribution < 1.29 is 4.79 Å². The van der Waals surface area contributed by atoms with E-state index in [-0.39, 0.29) is 18.0 Å². The SMILES string of the molecule is Cc1ccc(Nc2c(C)c(NC3CCC(N)CC3)nn3c(C(=O)Nc4ccncc4)cnc23)nc1. The normalized spacial score (nSPS) is 17.8. The average molecular weight is 472 g/mol. The van der Waals surface area contributed by atoms with Crippen molar-refractivity contribution in [2.45, 2.75) is 51.6 Å². The number of imidazole rings is 1. The molecule has 1 aliphatic rings. The predicted octanol–water partition coefficient (Wildman–Crippen LogP) is 3.81. The molecule has 0 aliphatic heterocycles. The van der Waals surface area contributed by atoms with E-state index in [1.54, 1.807) is 35.2 Å². The number of aryl methyl sites for hydroxylation is 1. The van der Waals surface area contributed by atoms with Crippen molar-refractivity contribution in [1.82, 2.24) is 24.6 Å². The Bertz CT molecular complexity index is 1330. The van der Waals surface area contributed by atoms with Crippen molar-refractivity contribution in [3.63, 3.8) is 0 Å². The molecular formula is C25H29N9O. The van der Waals surface area contributed by atoms with Gasteiger partial charge in [0.05, 0.1) is 11.9 Å². The lowest BCUT2D eigenvalue weighted by molar-refractivity contribution is 0.102. The fourth-order valence-corrected chi connectivity index (χ4v) is 4.28. The van der Waals surface area contributed by atoms with Gasteiger partial charge in [-0.2, -0.15) is 0 Å². The van der Waals surface area contributed by atoms with Gasteiger partial charge in [0, 0.05) is 41.9 Å². The standard InChI is InChI=1S/C25H29N9O/c1-15-3-8-21(28-13-15)32-22-16(2)23(30-18-6-4-17(26)5-7-18)33-34-20(14-29-24(22)34)25(35)31-19-9-11-27-12-10-19/h3,8-14,17-18H,4-7,26H2,1-2H3,(H,28,32)(H,30,33)(H,27,31,35). The van der Waals surface area contributed by atoms with Crippen LogP contribution >= 0.6 is 0 Å². The number of nitrogens with one attached hydrogen (secondary N) is 3. The van der Waals surface area contributed by atoms with Crippen molar-refractivity contribution in [3.8, 4) is 0 Å². The maximum atomic E-state index is 13.1. The predicted molar refractivity (Wildman–Crippen MR) is 136 cm³/mol. The van der Waals surface area contributed by atoms with Gasteiger partial charge in [-0.15, -0.1) is 5.10 Å². The van der Waals surface area contributed by atoms with Crippen molar-refractivity contribution >= 4 is 34.6 Å². The Morgan fingerprint density at radius 1 is 1.03 bits per heavy atom. The Morgan fingerprint density at radius 3 is 2.51 bits per heavy atom. The number of hydrogen-bond acceptors (Lipinski definition) is 8. The lowest BCUT2D eigenvalue weighted by Gasteiger charge is -2.28. The lowest BCUT2D eigenvalue weighted by Crippen LogP contribution is -2.33. The molecule has 10 nitrogen and oxygen atoms in total. The minimum Gasteiger partial charge on any atom is -0.366 e. The van der Waals surface area contributed by atoms with Crippen LogP contribution in [-0.4, -0.2) is 42.6 Å². The number of pyridine rings is 2. The van der Waals surface area contributed by atoms with Crippen LogP contribution in [0.3, 0.4) is 0 Å². The summed E-state index contributed by atoms with van der Waals surface area (Å²) in [5.74, 6) is 1.07. The van der Waals surface area contributed by atoms with E-state index >= 15 is 0 Å². The molecule has 0 spiro atoms. The highest BCUT2D eigenvalue weighted by atomic mass is 16.2. The molecule has 0 saturated heterocycles. The molecule has 1 fully saturated rings. The monoisotopic (exact) mass is 471 g/mol. The number of nitrogens with zero attached hydrogens (tertiary/aromatic N) is 5. The second-order valence-corrected chi connectivity index (χ2v) is 9.02. The minimum atomic E-state index is -0.311. The summed E-state index contributed by atoms with van der Waals surface area (Å²) in [7, 11) is 0. The van der Waals surface area contributed by atoms with Crippen LogP contribution in [0.25, 0.3) is 5.65 Å². The van der Waals surface area contributed by atoms with Gasteiger partial charge in [-0.1, -0.05) is 6.07 Å². The van der Waals surface area contributed by atoms with Gasteiger partial charge in [-0.3, -0.25) is 9.78 Å². The van der Waals surface area contributed by atoms with E-state index in [0.717, 1.165) is 42.5 Å². The summed E-state index contributed by atoms with van der Waals surface area (Å²) in [6, 6.07) is 7.90. The van der Waals surface area contributed by atoms with Crippen molar-refractivity contribution in [2.24, 2.45) is 5.73 Å². The first-order chi connectivity index (χ1) is 17.0. The highest BCUT2D eigenvalue weighted by Crippen LogP contribution is 2.31. The van der Waals surface area contributed by atoms with Gasteiger partial charge in [0.25, 0.3) is 5.91 Å². The Kier molecular flexibility index (Phi) is 6.28. The molecular weight excluding hydrogens is 442 g/mol. The van der Waals surface area contributed by atoms with Crippen LogP contribution in [0.5, 0.6) is 0 Å². The lowest BCUT2D eigenvalue weighted by atomic mass is 9.92. The molecule has 10 heteroatoms. The number of nitrogens with two attached hydrogens (primary N) is 1. The van der Waals surface area contributed by atoms with E-state index in [2.05, 4.69) is 30.9 Å². The molecule has 0 aromatic carbocycles. The summed E-state index contributed by atoms with van der Waals surface area (Å²) in [6.07, 6.45) is 10.5. The summed E-state index contributed by atoms with van der Waals surface area (Å²) in [5, 5.41) is 14.7.